The van der Waals surface area contributed by atoms with Crippen LogP contribution in [0.4, 0.5) is 0 Å². The molecule has 0 spiro atoms. The minimum absolute atomic E-state index is 0. The molecule has 4 amide bonds. The Morgan fingerprint density at radius 3 is 0.750 bits per heavy atom. The Hall–Kier alpha value is -5.96. The Labute approximate surface area is 444 Å². The van der Waals surface area contributed by atoms with Gasteiger partial charge >= 0.3 is 0 Å². The molecule has 0 atom stereocenters. The summed E-state index contributed by atoms with van der Waals surface area (Å²) in [5.74, 6) is 1.79. The van der Waals surface area contributed by atoms with Gasteiger partial charge in [-0.1, -0.05) is 210 Å². The predicted octanol–water partition coefficient (Wildman–Crippen LogP) is 9.22. The molecular formula is C53H65N5O9S5. The van der Waals surface area contributed by atoms with Gasteiger partial charge in [-0.2, -0.15) is 0 Å². The second-order valence-electron chi connectivity index (χ2n) is 14.6. The summed E-state index contributed by atoms with van der Waals surface area (Å²) < 4.78 is 0. The second kappa shape index (κ2) is 42.7. The molecule has 0 saturated heterocycles. The lowest BCUT2D eigenvalue weighted by Crippen LogP contribution is -2.29. The summed E-state index contributed by atoms with van der Waals surface area (Å²) in [7, 11) is 0. The standard InChI is InChI=1S/2C13H16N2O3S.3C9H10OS.H3N/c2*14-11(16)6-7-12(17)15-8-13(18)19-9-10-4-2-1-3-5-10;3*1-8(10)11-7-9-5-3-2-4-6-9;/h2*1-5H,6-9H2,(H2,14,16)(H,15,17);3*2-6H,7H2,1H3;1H3. The van der Waals surface area contributed by atoms with Gasteiger partial charge in [0.15, 0.2) is 15.3 Å². The van der Waals surface area contributed by atoms with E-state index in [0.717, 1.165) is 51.9 Å². The second-order valence-corrected chi connectivity index (χ2v) is 20.1. The highest BCUT2D eigenvalue weighted by Gasteiger charge is 2.09. The molecular weight excluding hydrogens is 1010 g/mol. The third-order valence-electron chi connectivity index (χ3n) is 8.40. The average Bonchev–Trinajstić information content (AvgIpc) is 3.37. The normalized spacial score (nSPS) is 9.60. The number of amides is 4. The summed E-state index contributed by atoms with van der Waals surface area (Å²) in [6.07, 6.45) is 0.0340. The van der Waals surface area contributed by atoms with Crippen LogP contribution in [-0.4, -0.2) is 62.3 Å². The number of primary amides is 2. The number of carbonyl (C=O) groups excluding carboxylic acids is 9. The fourth-order valence-electron chi connectivity index (χ4n) is 4.85. The smallest absolute Gasteiger partial charge is 0.220 e. The summed E-state index contributed by atoms with van der Waals surface area (Å²) in [6.45, 7) is 4.71. The fraction of sp³-hybridized carbons (Fsp3) is 0.264. The van der Waals surface area contributed by atoms with E-state index in [0.29, 0.717) is 11.5 Å². The number of nitrogens with one attached hydrogen (secondary N) is 2. The highest BCUT2D eigenvalue weighted by Crippen LogP contribution is 2.15. The van der Waals surface area contributed by atoms with E-state index in [1.54, 1.807) is 20.8 Å². The van der Waals surface area contributed by atoms with Gasteiger partial charge in [0.05, 0.1) is 13.1 Å². The molecule has 19 heteroatoms. The van der Waals surface area contributed by atoms with Gasteiger partial charge < -0.3 is 28.3 Å². The molecule has 5 aromatic rings. The van der Waals surface area contributed by atoms with Crippen LogP contribution < -0.4 is 28.3 Å². The van der Waals surface area contributed by atoms with E-state index in [9.17, 15) is 43.2 Å². The van der Waals surface area contributed by atoms with Crippen molar-refractivity contribution in [1.82, 2.24) is 16.8 Å². The van der Waals surface area contributed by atoms with Crippen molar-refractivity contribution < 1.29 is 43.2 Å². The van der Waals surface area contributed by atoms with Crippen LogP contribution in [0.3, 0.4) is 0 Å². The van der Waals surface area contributed by atoms with Gasteiger partial charge in [0, 0.05) is 75.2 Å². The summed E-state index contributed by atoms with van der Waals surface area (Å²) in [5, 5.41) is 5.21. The average molecular weight is 1080 g/mol. The summed E-state index contributed by atoms with van der Waals surface area (Å²) in [4.78, 5) is 98.2. The summed E-state index contributed by atoms with van der Waals surface area (Å²) in [5.41, 5.74) is 15.6. The van der Waals surface area contributed by atoms with E-state index < -0.39 is 11.8 Å². The van der Waals surface area contributed by atoms with Crippen LogP contribution in [0.25, 0.3) is 0 Å². The van der Waals surface area contributed by atoms with Crippen molar-refractivity contribution in [3.05, 3.63) is 179 Å². The van der Waals surface area contributed by atoms with E-state index in [1.165, 1.54) is 52.0 Å². The van der Waals surface area contributed by atoms with E-state index in [2.05, 4.69) is 10.6 Å². The molecule has 0 unspecified atom stereocenters. The topological polar surface area (TPSA) is 265 Å². The lowest BCUT2D eigenvalue weighted by Gasteiger charge is -2.03. The molecule has 0 aromatic heterocycles. The van der Waals surface area contributed by atoms with E-state index in [-0.39, 0.29) is 82.3 Å². The van der Waals surface area contributed by atoms with E-state index in [1.807, 2.05) is 152 Å². The third kappa shape index (κ3) is 40.7. The van der Waals surface area contributed by atoms with E-state index >= 15 is 0 Å². The van der Waals surface area contributed by atoms with Crippen LogP contribution in [0.5, 0.6) is 0 Å². The van der Waals surface area contributed by atoms with E-state index in [4.69, 9.17) is 11.5 Å². The molecule has 14 nitrogen and oxygen atoms in total. The van der Waals surface area contributed by atoms with Crippen molar-refractivity contribution in [2.24, 2.45) is 11.5 Å². The number of carbonyl (C=O) groups is 9. The van der Waals surface area contributed by atoms with Crippen molar-refractivity contribution in [2.75, 3.05) is 13.1 Å². The molecule has 0 aliphatic carbocycles. The highest BCUT2D eigenvalue weighted by molar-refractivity contribution is 8.13. The third-order valence-corrected chi connectivity index (χ3v) is 12.9. The minimum atomic E-state index is -0.528. The molecule has 0 heterocycles. The molecule has 5 rings (SSSR count). The fourth-order valence-corrected chi connectivity index (χ4v) is 7.92. The van der Waals surface area contributed by atoms with Crippen molar-refractivity contribution >= 4 is 108 Å². The number of thioether (sulfide) groups is 5. The Kier molecular flexibility index (Phi) is 39.2. The van der Waals surface area contributed by atoms with Gasteiger partial charge in [0.2, 0.25) is 33.9 Å². The molecule has 5 aromatic carbocycles. The van der Waals surface area contributed by atoms with Crippen LogP contribution in [0, 0.1) is 0 Å². The number of benzene rings is 5. The van der Waals surface area contributed by atoms with Crippen molar-refractivity contribution in [1.29, 1.82) is 0 Å². The van der Waals surface area contributed by atoms with Gasteiger partial charge in [-0.25, -0.2) is 0 Å². The molecule has 0 aliphatic rings. The largest absolute Gasteiger partial charge is 0.370 e. The minimum Gasteiger partial charge on any atom is -0.370 e. The first kappa shape index (κ1) is 66.0. The van der Waals surface area contributed by atoms with Crippen LogP contribution in [0.2, 0.25) is 0 Å². The number of hydrogen-bond donors (Lipinski definition) is 5. The van der Waals surface area contributed by atoms with Gasteiger partial charge in [-0.15, -0.1) is 0 Å². The summed E-state index contributed by atoms with van der Waals surface area (Å²) in [6, 6.07) is 49.2. The van der Waals surface area contributed by atoms with Gasteiger partial charge in [0.1, 0.15) is 0 Å². The SMILES string of the molecule is CC(=O)SCc1ccccc1.CC(=O)SCc1ccccc1.CC(=O)SCc1ccccc1.N.NC(=O)CCC(=O)NCC(=O)SCc1ccccc1.NC(=O)CCC(=O)NCC(=O)SCc1ccccc1. The van der Waals surface area contributed by atoms with Crippen LogP contribution in [-0.2, 0) is 71.9 Å². The van der Waals surface area contributed by atoms with Crippen LogP contribution >= 0.6 is 58.8 Å². The molecule has 0 fully saturated rings. The number of nitrogens with two attached hydrogens (primary N) is 2. The lowest BCUT2D eigenvalue weighted by molar-refractivity contribution is -0.125. The Morgan fingerprint density at radius 2 is 0.556 bits per heavy atom. The zero-order valence-corrected chi connectivity index (χ0v) is 44.9. The van der Waals surface area contributed by atoms with Crippen molar-refractivity contribution in [3.8, 4) is 0 Å². The maximum absolute atomic E-state index is 11.5. The maximum Gasteiger partial charge on any atom is 0.220 e. The van der Waals surface area contributed by atoms with Gasteiger partial charge in [-0.05, 0) is 27.8 Å². The maximum atomic E-state index is 11.5. The first-order valence-corrected chi connectivity index (χ1v) is 27.0. The van der Waals surface area contributed by atoms with Crippen LogP contribution in [0.1, 0.15) is 74.3 Å². The Morgan fingerprint density at radius 1 is 0.347 bits per heavy atom. The molecule has 9 N–H and O–H groups in total. The number of rotatable bonds is 20. The zero-order valence-electron chi connectivity index (χ0n) is 40.8. The first-order chi connectivity index (χ1) is 34.0. The lowest BCUT2D eigenvalue weighted by atomic mass is 10.2. The highest BCUT2D eigenvalue weighted by atomic mass is 32.2. The predicted molar refractivity (Wildman–Crippen MR) is 299 cm³/mol. The molecule has 386 valence electrons. The van der Waals surface area contributed by atoms with Gasteiger partial charge in [-0.3, -0.25) is 43.2 Å². The zero-order chi connectivity index (χ0) is 52.5. The van der Waals surface area contributed by atoms with Gasteiger partial charge in [0.25, 0.3) is 0 Å². The molecule has 0 bridgehead atoms. The molecule has 0 aliphatic heterocycles. The number of hydrogen-bond acceptors (Lipinski definition) is 15. The van der Waals surface area contributed by atoms with Crippen molar-refractivity contribution in [3.63, 3.8) is 0 Å². The summed E-state index contributed by atoms with van der Waals surface area (Å²) >= 11 is 6.34. The Bertz CT molecular complexity index is 2140. The first-order valence-electron chi connectivity index (χ1n) is 22.0. The Balaban J connectivity index is 0.000000893. The molecule has 0 radical (unpaired) electrons. The monoisotopic (exact) mass is 1080 g/mol. The molecule has 0 saturated carbocycles. The molecule has 72 heavy (non-hydrogen) atoms. The van der Waals surface area contributed by atoms with Crippen LogP contribution in [0.15, 0.2) is 152 Å². The van der Waals surface area contributed by atoms with Crippen molar-refractivity contribution in [2.45, 2.75) is 75.2 Å². The quantitative estimate of drug-likeness (QED) is 0.0486.